The van der Waals surface area contributed by atoms with Crippen molar-refractivity contribution in [2.75, 3.05) is 0 Å². The van der Waals surface area contributed by atoms with Gasteiger partial charge in [0.25, 0.3) is 11.8 Å². The van der Waals surface area contributed by atoms with Crippen molar-refractivity contribution in [2.45, 2.75) is 6.54 Å². The van der Waals surface area contributed by atoms with Crippen LogP contribution in [0.3, 0.4) is 0 Å². The highest BCUT2D eigenvalue weighted by atomic mass is 79.9. The van der Waals surface area contributed by atoms with Crippen molar-refractivity contribution >= 4 is 27.7 Å². The van der Waals surface area contributed by atoms with Crippen LogP contribution in [0.2, 0.25) is 0 Å². The minimum Gasteiger partial charge on any atom is -0.269 e. The van der Waals surface area contributed by atoms with Gasteiger partial charge in [-0.25, -0.2) is 0 Å². The number of nitrogens with zero attached hydrogens (tertiary/aromatic N) is 4. The van der Waals surface area contributed by atoms with E-state index in [2.05, 4.69) is 36.6 Å². The van der Waals surface area contributed by atoms with Gasteiger partial charge in [-0.2, -0.15) is 5.21 Å². The molecule has 7 nitrogen and oxygen atoms in total. The maximum Gasteiger partial charge on any atom is 0.262 e. The monoisotopic (exact) mass is 307 g/mol. The first-order chi connectivity index (χ1) is 8.66. The number of rotatable bonds is 2. The second-order valence-electron chi connectivity index (χ2n) is 3.71. The van der Waals surface area contributed by atoms with Gasteiger partial charge >= 0.3 is 0 Å². The standard InChI is InChI=1S/C10H6BrN5O2/c11-5-1-2-6-7(3-5)10(18)16(9(6)17)4-8-12-14-15-13-8/h1-3H,4H2,(H,12,13,14,15). The van der Waals surface area contributed by atoms with E-state index in [1.165, 1.54) is 0 Å². The minimum atomic E-state index is -0.346. The number of carbonyl (C=O) groups excluding carboxylic acids is 2. The fraction of sp³-hybridized carbons (Fsp3) is 0.100. The molecule has 2 amide bonds. The van der Waals surface area contributed by atoms with E-state index in [4.69, 9.17) is 0 Å². The third-order valence-corrected chi connectivity index (χ3v) is 3.11. The van der Waals surface area contributed by atoms with Crippen LogP contribution in [0.25, 0.3) is 0 Å². The van der Waals surface area contributed by atoms with E-state index in [1.807, 2.05) is 0 Å². The molecule has 18 heavy (non-hydrogen) atoms. The van der Waals surface area contributed by atoms with Crippen molar-refractivity contribution in [3.05, 3.63) is 39.6 Å². The third-order valence-electron chi connectivity index (χ3n) is 2.62. The molecule has 1 N–H and O–H groups in total. The average Bonchev–Trinajstić information content (AvgIpc) is 2.93. The van der Waals surface area contributed by atoms with Gasteiger partial charge in [0.05, 0.1) is 17.7 Å². The van der Waals surface area contributed by atoms with Crippen LogP contribution in [-0.4, -0.2) is 37.3 Å². The van der Waals surface area contributed by atoms with Crippen LogP contribution >= 0.6 is 15.9 Å². The maximum absolute atomic E-state index is 12.1. The smallest absolute Gasteiger partial charge is 0.262 e. The number of aromatic nitrogens is 4. The second-order valence-corrected chi connectivity index (χ2v) is 4.63. The first-order valence-corrected chi connectivity index (χ1v) is 5.84. The lowest BCUT2D eigenvalue weighted by atomic mass is 10.1. The van der Waals surface area contributed by atoms with Gasteiger partial charge in [0, 0.05) is 4.47 Å². The lowest BCUT2D eigenvalue weighted by Crippen LogP contribution is -2.29. The number of hydrogen-bond donors (Lipinski definition) is 1. The van der Waals surface area contributed by atoms with Crippen LogP contribution in [0.15, 0.2) is 22.7 Å². The van der Waals surface area contributed by atoms with Crippen molar-refractivity contribution in [2.24, 2.45) is 0 Å². The first kappa shape index (κ1) is 11.0. The highest BCUT2D eigenvalue weighted by Crippen LogP contribution is 2.26. The van der Waals surface area contributed by atoms with Gasteiger partial charge in [-0.3, -0.25) is 14.5 Å². The Balaban J connectivity index is 1.97. The summed E-state index contributed by atoms with van der Waals surface area (Å²) in [5.41, 5.74) is 0.782. The predicted octanol–water partition coefficient (Wildman–Crippen LogP) is 0.758. The molecule has 0 saturated carbocycles. The minimum absolute atomic E-state index is 0.0144. The van der Waals surface area contributed by atoms with Crippen LogP contribution < -0.4 is 0 Å². The molecule has 1 aliphatic heterocycles. The van der Waals surface area contributed by atoms with Gasteiger partial charge in [-0.15, -0.1) is 10.2 Å². The van der Waals surface area contributed by atoms with E-state index in [9.17, 15) is 9.59 Å². The molecular formula is C10H6BrN5O2. The normalized spacial score (nSPS) is 14.2. The number of fused-ring (bicyclic) bond motifs is 1. The van der Waals surface area contributed by atoms with Gasteiger partial charge in [-0.05, 0) is 18.2 Å². The average molecular weight is 308 g/mol. The van der Waals surface area contributed by atoms with Crippen molar-refractivity contribution in [3.8, 4) is 0 Å². The molecule has 0 radical (unpaired) electrons. The van der Waals surface area contributed by atoms with E-state index >= 15 is 0 Å². The van der Waals surface area contributed by atoms with Crippen LogP contribution in [-0.2, 0) is 6.54 Å². The van der Waals surface area contributed by atoms with E-state index in [0.29, 0.717) is 17.0 Å². The summed E-state index contributed by atoms with van der Waals surface area (Å²) in [5.74, 6) is -0.392. The molecule has 0 unspecified atom stereocenters. The van der Waals surface area contributed by atoms with Crippen LogP contribution in [0.1, 0.15) is 26.5 Å². The third kappa shape index (κ3) is 1.61. The molecule has 0 bridgehead atoms. The Morgan fingerprint density at radius 2 is 2.00 bits per heavy atom. The number of H-pyrrole nitrogens is 1. The number of tetrazole rings is 1. The van der Waals surface area contributed by atoms with Crippen LogP contribution in [0.4, 0.5) is 0 Å². The molecule has 0 aliphatic carbocycles. The zero-order valence-electron chi connectivity index (χ0n) is 8.92. The zero-order valence-corrected chi connectivity index (χ0v) is 10.5. The summed E-state index contributed by atoms with van der Waals surface area (Å²) in [7, 11) is 0. The second kappa shape index (κ2) is 3.98. The number of carbonyl (C=O) groups is 2. The number of aromatic amines is 1. The van der Waals surface area contributed by atoms with Crippen LogP contribution in [0, 0.1) is 0 Å². The van der Waals surface area contributed by atoms with Gasteiger partial charge in [0.15, 0.2) is 5.82 Å². The van der Waals surface area contributed by atoms with Gasteiger partial charge in [-0.1, -0.05) is 21.1 Å². The van der Waals surface area contributed by atoms with Crippen molar-refractivity contribution in [1.29, 1.82) is 0 Å². The van der Waals surface area contributed by atoms with Crippen molar-refractivity contribution in [3.63, 3.8) is 0 Å². The Bertz CT molecular complexity index is 640. The molecule has 0 saturated heterocycles. The molecule has 90 valence electrons. The fourth-order valence-corrected chi connectivity index (χ4v) is 2.16. The van der Waals surface area contributed by atoms with E-state index in [0.717, 1.165) is 9.37 Å². The summed E-state index contributed by atoms with van der Waals surface area (Å²) < 4.78 is 0.754. The molecule has 0 spiro atoms. The molecular weight excluding hydrogens is 302 g/mol. The van der Waals surface area contributed by atoms with E-state index in [-0.39, 0.29) is 18.4 Å². The van der Waals surface area contributed by atoms with Crippen molar-refractivity contribution < 1.29 is 9.59 Å². The fourth-order valence-electron chi connectivity index (χ4n) is 1.80. The lowest BCUT2D eigenvalue weighted by molar-refractivity contribution is 0.0638. The Labute approximate surface area is 109 Å². The summed E-state index contributed by atoms with van der Waals surface area (Å²) >= 11 is 3.27. The SMILES string of the molecule is O=C1c2ccc(Br)cc2C(=O)N1Cc1nn[nH]n1. The molecule has 1 aromatic heterocycles. The highest BCUT2D eigenvalue weighted by Gasteiger charge is 2.36. The number of amides is 2. The quantitative estimate of drug-likeness (QED) is 0.827. The van der Waals surface area contributed by atoms with Gasteiger partial charge < -0.3 is 0 Å². The summed E-state index contributed by atoms with van der Waals surface area (Å²) in [4.78, 5) is 25.2. The summed E-state index contributed by atoms with van der Waals surface area (Å²) in [5, 5.41) is 13.1. The number of benzene rings is 1. The molecule has 2 aromatic rings. The van der Waals surface area contributed by atoms with Gasteiger partial charge in [0.2, 0.25) is 0 Å². The Morgan fingerprint density at radius 1 is 1.22 bits per heavy atom. The lowest BCUT2D eigenvalue weighted by Gasteiger charge is -2.10. The number of imide groups is 1. The Morgan fingerprint density at radius 3 is 2.72 bits per heavy atom. The van der Waals surface area contributed by atoms with Crippen molar-refractivity contribution in [1.82, 2.24) is 25.5 Å². The molecule has 3 rings (SSSR count). The number of hydrogen-bond acceptors (Lipinski definition) is 5. The summed E-state index contributed by atoms with van der Waals surface area (Å²) in [6, 6.07) is 4.98. The first-order valence-electron chi connectivity index (χ1n) is 5.05. The Kier molecular flexibility index (Phi) is 2.44. The summed E-state index contributed by atoms with van der Waals surface area (Å²) in [6.45, 7) is 0.0144. The highest BCUT2D eigenvalue weighted by molar-refractivity contribution is 9.10. The molecule has 0 fully saturated rings. The van der Waals surface area contributed by atoms with Crippen LogP contribution in [0.5, 0.6) is 0 Å². The molecule has 0 atom stereocenters. The molecule has 1 aliphatic rings. The largest absolute Gasteiger partial charge is 0.269 e. The topological polar surface area (TPSA) is 91.8 Å². The number of halogens is 1. The van der Waals surface area contributed by atoms with E-state index in [1.54, 1.807) is 18.2 Å². The maximum atomic E-state index is 12.1. The molecule has 2 heterocycles. The zero-order chi connectivity index (χ0) is 12.7. The molecule has 1 aromatic carbocycles. The predicted molar refractivity (Wildman–Crippen MR) is 62.5 cm³/mol. The van der Waals surface area contributed by atoms with E-state index < -0.39 is 0 Å². The Hall–Kier alpha value is -2.09. The molecule has 8 heteroatoms. The summed E-state index contributed by atoms with van der Waals surface area (Å²) in [6.07, 6.45) is 0. The van der Waals surface area contributed by atoms with Gasteiger partial charge in [0.1, 0.15) is 0 Å². The number of nitrogens with one attached hydrogen (secondary N) is 1.